The van der Waals surface area contributed by atoms with Crippen molar-refractivity contribution in [1.82, 2.24) is 0 Å². The van der Waals surface area contributed by atoms with E-state index >= 15 is 0 Å². The molecule has 24 heavy (non-hydrogen) atoms. The summed E-state index contributed by atoms with van der Waals surface area (Å²) in [4.78, 5) is 12.5. The number of aryl methyl sites for hydroxylation is 1. The molecular formula is C22H16O2. The zero-order chi connectivity index (χ0) is 16.5. The van der Waals surface area contributed by atoms with Crippen LogP contribution >= 0.6 is 0 Å². The van der Waals surface area contributed by atoms with E-state index in [1.807, 2.05) is 85.8 Å². The molecule has 0 radical (unpaired) electrons. The first-order chi connectivity index (χ1) is 11.7. The van der Waals surface area contributed by atoms with Crippen LogP contribution in [0.15, 0.2) is 88.1 Å². The standard InChI is InChI=1S/C22H16O2/c1-15-12-13-18-19(14-15)22(23)24-21(17-10-6-3-7-11-17)20(18)16-8-4-2-5-9-16/h2-14H,1H3. The normalized spacial score (nSPS) is 10.9. The third-order valence-electron chi connectivity index (χ3n) is 4.18. The molecule has 0 aliphatic carbocycles. The van der Waals surface area contributed by atoms with E-state index < -0.39 is 0 Å². The molecule has 0 bridgehead atoms. The topological polar surface area (TPSA) is 30.2 Å². The molecule has 0 aliphatic rings. The van der Waals surface area contributed by atoms with Gasteiger partial charge in [-0.2, -0.15) is 0 Å². The van der Waals surface area contributed by atoms with Gasteiger partial charge >= 0.3 is 5.63 Å². The van der Waals surface area contributed by atoms with Crippen LogP contribution in [0, 0.1) is 6.92 Å². The molecule has 3 aromatic carbocycles. The third-order valence-corrected chi connectivity index (χ3v) is 4.18. The predicted molar refractivity (Wildman–Crippen MR) is 98.1 cm³/mol. The minimum absolute atomic E-state index is 0.299. The van der Waals surface area contributed by atoms with Crippen LogP contribution in [0.2, 0.25) is 0 Å². The van der Waals surface area contributed by atoms with E-state index in [-0.39, 0.29) is 5.63 Å². The molecular weight excluding hydrogens is 296 g/mol. The number of hydrogen-bond acceptors (Lipinski definition) is 2. The second kappa shape index (κ2) is 5.82. The lowest BCUT2D eigenvalue weighted by atomic mass is 9.95. The molecule has 0 amide bonds. The van der Waals surface area contributed by atoms with Crippen molar-refractivity contribution in [2.75, 3.05) is 0 Å². The van der Waals surface area contributed by atoms with E-state index in [1.54, 1.807) is 0 Å². The van der Waals surface area contributed by atoms with E-state index in [1.165, 1.54) is 0 Å². The predicted octanol–water partition coefficient (Wildman–Crippen LogP) is 5.44. The fraction of sp³-hybridized carbons (Fsp3) is 0.0455. The fourth-order valence-electron chi connectivity index (χ4n) is 3.05. The van der Waals surface area contributed by atoms with Gasteiger partial charge in [0.2, 0.25) is 0 Å². The molecule has 1 heterocycles. The van der Waals surface area contributed by atoms with Gasteiger partial charge in [0.15, 0.2) is 0 Å². The fourth-order valence-corrected chi connectivity index (χ4v) is 3.05. The summed E-state index contributed by atoms with van der Waals surface area (Å²) in [5, 5.41) is 1.54. The van der Waals surface area contributed by atoms with Crippen LogP contribution in [-0.2, 0) is 0 Å². The van der Waals surface area contributed by atoms with Crippen LogP contribution in [0.4, 0.5) is 0 Å². The van der Waals surface area contributed by atoms with Gasteiger partial charge in [-0.3, -0.25) is 0 Å². The zero-order valence-corrected chi connectivity index (χ0v) is 13.3. The van der Waals surface area contributed by atoms with E-state index in [0.29, 0.717) is 11.1 Å². The molecule has 2 heteroatoms. The summed E-state index contributed by atoms with van der Waals surface area (Å²) in [6.45, 7) is 1.98. The number of fused-ring (bicyclic) bond motifs is 1. The molecule has 0 fully saturated rings. The van der Waals surface area contributed by atoms with Crippen LogP contribution < -0.4 is 5.63 Å². The Morgan fingerprint density at radius 3 is 2.00 bits per heavy atom. The van der Waals surface area contributed by atoms with Crippen LogP contribution in [-0.4, -0.2) is 0 Å². The van der Waals surface area contributed by atoms with Crippen LogP contribution in [0.5, 0.6) is 0 Å². The zero-order valence-electron chi connectivity index (χ0n) is 13.3. The molecule has 0 aliphatic heterocycles. The van der Waals surface area contributed by atoms with E-state index in [0.717, 1.165) is 27.6 Å². The van der Waals surface area contributed by atoms with Crippen molar-refractivity contribution in [3.63, 3.8) is 0 Å². The van der Waals surface area contributed by atoms with Crippen molar-refractivity contribution in [3.8, 4) is 22.5 Å². The van der Waals surface area contributed by atoms with Crippen molar-refractivity contribution in [1.29, 1.82) is 0 Å². The van der Waals surface area contributed by atoms with Gasteiger partial charge in [0.05, 0.1) is 5.39 Å². The van der Waals surface area contributed by atoms with Gasteiger partial charge in [0, 0.05) is 16.5 Å². The molecule has 0 saturated heterocycles. The summed E-state index contributed by atoms with van der Waals surface area (Å²) < 4.78 is 5.76. The molecule has 2 nitrogen and oxygen atoms in total. The van der Waals surface area contributed by atoms with Crippen LogP contribution in [0.1, 0.15) is 5.56 Å². The van der Waals surface area contributed by atoms with Crippen molar-refractivity contribution in [2.45, 2.75) is 6.92 Å². The lowest BCUT2D eigenvalue weighted by Crippen LogP contribution is -2.03. The van der Waals surface area contributed by atoms with Gasteiger partial charge in [-0.15, -0.1) is 0 Å². The lowest BCUT2D eigenvalue weighted by molar-refractivity contribution is 0.536. The number of rotatable bonds is 2. The molecule has 0 atom stereocenters. The van der Waals surface area contributed by atoms with Crippen molar-refractivity contribution in [2.24, 2.45) is 0 Å². The van der Waals surface area contributed by atoms with E-state index in [4.69, 9.17) is 4.42 Å². The summed E-state index contributed by atoms with van der Waals surface area (Å²) >= 11 is 0. The molecule has 4 rings (SSSR count). The Labute approximate surface area is 140 Å². The van der Waals surface area contributed by atoms with Crippen LogP contribution in [0.25, 0.3) is 33.2 Å². The maximum Gasteiger partial charge on any atom is 0.344 e. The quantitative estimate of drug-likeness (QED) is 0.493. The maximum atomic E-state index is 12.5. The Balaban J connectivity index is 2.16. The highest BCUT2D eigenvalue weighted by molar-refractivity contribution is 6.01. The molecule has 116 valence electrons. The van der Waals surface area contributed by atoms with Gasteiger partial charge in [-0.05, 0) is 18.6 Å². The van der Waals surface area contributed by atoms with Gasteiger partial charge < -0.3 is 4.42 Å². The summed E-state index contributed by atoms with van der Waals surface area (Å²) in [7, 11) is 0. The Kier molecular flexibility index (Phi) is 3.51. The van der Waals surface area contributed by atoms with Crippen molar-refractivity contribution < 1.29 is 4.42 Å². The molecule has 0 unspecified atom stereocenters. The van der Waals surface area contributed by atoms with Gasteiger partial charge in [0.25, 0.3) is 0 Å². The SMILES string of the molecule is Cc1ccc2c(-c3ccccc3)c(-c3ccccc3)oc(=O)c2c1. The lowest BCUT2D eigenvalue weighted by Gasteiger charge is -2.12. The second-order valence-corrected chi connectivity index (χ2v) is 5.87. The number of benzene rings is 3. The average molecular weight is 312 g/mol. The molecule has 1 aromatic heterocycles. The summed E-state index contributed by atoms with van der Waals surface area (Å²) in [6, 6.07) is 25.8. The molecule has 0 saturated carbocycles. The highest BCUT2D eigenvalue weighted by Crippen LogP contribution is 2.36. The Morgan fingerprint density at radius 1 is 0.708 bits per heavy atom. The molecule has 4 aromatic rings. The minimum atomic E-state index is -0.299. The van der Waals surface area contributed by atoms with E-state index in [2.05, 4.69) is 0 Å². The van der Waals surface area contributed by atoms with Gasteiger partial charge in [-0.1, -0.05) is 78.4 Å². The molecule has 0 spiro atoms. The monoisotopic (exact) mass is 312 g/mol. The first-order valence-electron chi connectivity index (χ1n) is 7.92. The average Bonchev–Trinajstić information content (AvgIpc) is 2.63. The smallest absolute Gasteiger partial charge is 0.344 e. The van der Waals surface area contributed by atoms with Crippen molar-refractivity contribution in [3.05, 3.63) is 94.8 Å². The summed E-state index contributed by atoms with van der Waals surface area (Å²) in [5.41, 5.74) is 3.63. The van der Waals surface area contributed by atoms with Crippen LogP contribution in [0.3, 0.4) is 0 Å². The third kappa shape index (κ3) is 2.42. The largest absolute Gasteiger partial charge is 0.422 e. The highest BCUT2D eigenvalue weighted by Gasteiger charge is 2.16. The van der Waals surface area contributed by atoms with Crippen molar-refractivity contribution >= 4 is 10.8 Å². The Hall–Kier alpha value is -3.13. The Bertz CT molecular complexity index is 1060. The van der Waals surface area contributed by atoms with Gasteiger partial charge in [0.1, 0.15) is 5.76 Å². The second-order valence-electron chi connectivity index (χ2n) is 5.87. The summed E-state index contributed by atoms with van der Waals surface area (Å²) in [6.07, 6.45) is 0. The first-order valence-corrected chi connectivity index (χ1v) is 7.92. The Morgan fingerprint density at radius 2 is 1.33 bits per heavy atom. The van der Waals surface area contributed by atoms with E-state index in [9.17, 15) is 4.79 Å². The summed E-state index contributed by atoms with van der Waals surface area (Å²) in [5.74, 6) is 0.614. The van der Waals surface area contributed by atoms with Gasteiger partial charge in [-0.25, -0.2) is 4.79 Å². The maximum absolute atomic E-state index is 12.5. The molecule has 0 N–H and O–H groups in total. The number of hydrogen-bond donors (Lipinski definition) is 0. The minimum Gasteiger partial charge on any atom is -0.422 e. The highest BCUT2D eigenvalue weighted by atomic mass is 16.4. The first kappa shape index (κ1) is 14.5.